The van der Waals surface area contributed by atoms with Crippen molar-refractivity contribution in [1.29, 1.82) is 0 Å². The Morgan fingerprint density at radius 3 is 2.24 bits per heavy atom. The first-order valence-electron chi connectivity index (χ1n) is 9.51. The molecule has 29 heavy (non-hydrogen) atoms. The molecule has 0 aromatic heterocycles. The van der Waals surface area contributed by atoms with Crippen LogP contribution in [0.15, 0.2) is 53.4 Å². The van der Waals surface area contributed by atoms with Crippen LogP contribution in [0.3, 0.4) is 0 Å². The fourth-order valence-electron chi connectivity index (χ4n) is 3.42. The topological polar surface area (TPSA) is 75.7 Å². The molecule has 1 amide bonds. The largest absolute Gasteiger partial charge is 0.497 e. The average molecular weight is 421 g/mol. The summed E-state index contributed by atoms with van der Waals surface area (Å²) >= 11 is 0. The maximum Gasteiger partial charge on any atom is 0.243 e. The van der Waals surface area contributed by atoms with Crippen molar-refractivity contribution in [2.24, 2.45) is 5.92 Å². The Morgan fingerprint density at radius 2 is 1.69 bits per heavy atom. The van der Waals surface area contributed by atoms with Crippen molar-refractivity contribution in [2.45, 2.75) is 30.7 Å². The molecular formula is C21H25FN2O4S. The van der Waals surface area contributed by atoms with Crippen LogP contribution in [0.1, 0.15) is 31.4 Å². The maximum absolute atomic E-state index is 13.0. The number of hydrogen-bond donors (Lipinski definition) is 1. The third-order valence-corrected chi connectivity index (χ3v) is 7.16. The zero-order chi connectivity index (χ0) is 21.0. The summed E-state index contributed by atoms with van der Waals surface area (Å²) in [5, 5.41) is 2.94. The van der Waals surface area contributed by atoms with E-state index in [-0.39, 0.29) is 41.7 Å². The van der Waals surface area contributed by atoms with E-state index in [0.29, 0.717) is 18.6 Å². The fraction of sp³-hybridized carbons (Fsp3) is 0.381. The van der Waals surface area contributed by atoms with Gasteiger partial charge in [0, 0.05) is 19.0 Å². The highest BCUT2D eigenvalue weighted by Crippen LogP contribution is 2.26. The van der Waals surface area contributed by atoms with Gasteiger partial charge in [0.2, 0.25) is 15.9 Å². The summed E-state index contributed by atoms with van der Waals surface area (Å²) in [7, 11) is -2.07. The van der Waals surface area contributed by atoms with Crippen LogP contribution < -0.4 is 10.1 Å². The molecule has 1 unspecified atom stereocenters. The molecule has 3 rings (SSSR count). The van der Waals surface area contributed by atoms with E-state index in [1.165, 1.54) is 35.7 Å². The minimum atomic E-state index is -3.60. The molecule has 0 spiro atoms. The minimum Gasteiger partial charge on any atom is -0.497 e. The molecule has 0 bridgehead atoms. The highest BCUT2D eigenvalue weighted by atomic mass is 32.2. The van der Waals surface area contributed by atoms with Gasteiger partial charge in [0.1, 0.15) is 11.6 Å². The van der Waals surface area contributed by atoms with Crippen molar-refractivity contribution in [1.82, 2.24) is 9.62 Å². The van der Waals surface area contributed by atoms with Crippen molar-refractivity contribution in [3.8, 4) is 5.75 Å². The molecular weight excluding hydrogens is 395 g/mol. The molecule has 0 aliphatic carbocycles. The summed E-state index contributed by atoms with van der Waals surface area (Å²) in [6, 6.07) is 12.0. The van der Waals surface area contributed by atoms with Crippen LogP contribution in [0.5, 0.6) is 5.75 Å². The summed E-state index contributed by atoms with van der Waals surface area (Å²) in [6.07, 6.45) is 0.911. The summed E-state index contributed by atoms with van der Waals surface area (Å²) in [6.45, 7) is 2.42. The Balaban J connectivity index is 1.57. The molecule has 156 valence electrons. The van der Waals surface area contributed by atoms with E-state index in [0.717, 1.165) is 5.56 Å². The van der Waals surface area contributed by atoms with Gasteiger partial charge in [-0.2, -0.15) is 4.31 Å². The van der Waals surface area contributed by atoms with Gasteiger partial charge in [-0.25, -0.2) is 12.8 Å². The Labute approximate surface area is 170 Å². The first kappa shape index (κ1) is 21.3. The zero-order valence-corrected chi connectivity index (χ0v) is 17.3. The van der Waals surface area contributed by atoms with Gasteiger partial charge in [0.15, 0.2) is 0 Å². The van der Waals surface area contributed by atoms with Crippen molar-refractivity contribution >= 4 is 15.9 Å². The predicted octanol–water partition coefficient (Wildman–Crippen LogP) is 3.11. The number of carbonyl (C=O) groups is 1. The number of nitrogens with one attached hydrogen (secondary N) is 1. The number of carbonyl (C=O) groups excluding carboxylic acids is 1. The summed E-state index contributed by atoms with van der Waals surface area (Å²) in [5.74, 6) is -0.0872. The van der Waals surface area contributed by atoms with Gasteiger partial charge in [-0.05, 0) is 61.7 Å². The molecule has 1 aliphatic heterocycles. The van der Waals surface area contributed by atoms with Crippen LogP contribution >= 0.6 is 0 Å². The van der Waals surface area contributed by atoms with Gasteiger partial charge in [-0.1, -0.05) is 12.1 Å². The number of benzene rings is 2. The van der Waals surface area contributed by atoms with Gasteiger partial charge in [0.05, 0.1) is 18.0 Å². The lowest BCUT2D eigenvalue weighted by molar-refractivity contribution is -0.126. The van der Waals surface area contributed by atoms with E-state index >= 15 is 0 Å². The summed E-state index contributed by atoms with van der Waals surface area (Å²) in [5.41, 5.74) is 0.819. The zero-order valence-electron chi connectivity index (χ0n) is 16.5. The van der Waals surface area contributed by atoms with E-state index in [9.17, 15) is 17.6 Å². The standard InChI is InChI=1S/C21H25FN2O4S/c1-15(16-3-5-18(22)6-4-16)23-21(25)17-11-13-24(14-12-17)29(26,27)20-9-7-19(28-2)8-10-20/h3-10,15,17H,11-14H2,1-2H3,(H,23,25). The number of sulfonamides is 1. The third kappa shape index (κ3) is 4.94. The second-order valence-electron chi connectivity index (χ2n) is 7.14. The van der Waals surface area contributed by atoms with Crippen molar-refractivity contribution in [3.63, 3.8) is 0 Å². The first-order chi connectivity index (χ1) is 13.8. The molecule has 1 saturated heterocycles. The average Bonchev–Trinajstić information content (AvgIpc) is 2.74. The summed E-state index contributed by atoms with van der Waals surface area (Å²) < 4.78 is 45.1. The number of amides is 1. The van der Waals surface area contributed by atoms with E-state index in [2.05, 4.69) is 5.32 Å². The van der Waals surface area contributed by atoms with E-state index in [1.807, 2.05) is 6.92 Å². The number of piperidine rings is 1. The van der Waals surface area contributed by atoms with Crippen LogP contribution in [0.25, 0.3) is 0 Å². The van der Waals surface area contributed by atoms with E-state index in [4.69, 9.17) is 4.74 Å². The van der Waals surface area contributed by atoms with Crippen LogP contribution in [-0.4, -0.2) is 38.8 Å². The molecule has 1 heterocycles. The molecule has 1 fully saturated rings. The number of rotatable bonds is 6. The Hall–Kier alpha value is -2.45. The number of hydrogen-bond acceptors (Lipinski definition) is 4. The van der Waals surface area contributed by atoms with Crippen LogP contribution in [0.2, 0.25) is 0 Å². The molecule has 8 heteroatoms. The molecule has 1 N–H and O–H groups in total. The van der Waals surface area contributed by atoms with Crippen molar-refractivity contribution < 1.29 is 22.3 Å². The molecule has 6 nitrogen and oxygen atoms in total. The third-order valence-electron chi connectivity index (χ3n) is 5.25. The second-order valence-corrected chi connectivity index (χ2v) is 9.07. The normalized spacial score (nSPS) is 16.9. The highest BCUT2D eigenvalue weighted by Gasteiger charge is 2.32. The molecule has 1 aliphatic rings. The Morgan fingerprint density at radius 1 is 1.10 bits per heavy atom. The molecule has 2 aromatic carbocycles. The quantitative estimate of drug-likeness (QED) is 0.779. The van der Waals surface area contributed by atoms with Gasteiger partial charge in [-0.3, -0.25) is 4.79 Å². The van der Waals surface area contributed by atoms with Crippen molar-refractivity contribution in [2.75, 3.05) is 20.2 Å². The van der Waals surface area contributed by atoms with Gasteiger partial charge in [-0.15, -0.1) is 0 Å². The number of halogens is 1. The van der Waals surface area contributed by atoms with Crippen LogP contribution in [-0.2, 0) is 14.8 Å². The molecule has 1 atom stereocenters. The smallest absolute Gasteiger partial charge is 0.243 e. The summed E-state index contributed by atoms with van der Waals surface area (Å²) in [4.78, 5) is 12.8. The lowest BCUT2D eigenvalue weighted by atomic mass is 9.96. The minimum absolute atomic E-state index is 0.108. The van der Waals surface area contributed by atoms with E-state index < -0.39 is 10.0 Å². The highest BCUT2D eigenvalue weighted by molar-refractivity contribution is 7.89. The predicted molar refractivity (Wildman–Crippen MR) is 107 cm³/mol. The fourth-order valence-corrected chi connectivity index (χ4v) is 4.89. The first-order valence-corrected chi connectivity index (χ1v) is 11.0. The van der Waals surface area contributed by atoms with Crippen LogP contribution in [0, 0.1) is 11.7 Å². The lowest BCUT2D eigenvalue weighted by Crippen LogP contribution is -2.43. The number of methoxy groups -OCH3 is 1. The van der Waals surface area contributed by atoms with Gasteiger partial charge >= 0.3 is 0 Å². The number of nitrogens with zero attached hydrogens (tertiary/aromatic N) is 1. The van der Waals surface area contributed by atoms with Crippen molar-refractivity contribution in [3.05, 3.63) is 59.9 Å². The lowest BCUT2D eigenvalue weighted by Gasteiger charge is -2.31. The molecule has 0 saturated carbocycles. The van der Waals surface area contributed by atoms with Crippen LogP contribution in [0.4, 0.5) is 4.39 Å². The SMILES string of the molecule is COc1ccc(S(=O)(=O)N2CCC(C(=O)NC(C)c3ccc(F)cc3)CC2)cc1. The molecule has 2 aromatic rings. The Kier molecular flexibility index (Phi) is 6.54. The van der Waals surface area contributed by atoms with E-state index in [1.54, 1.807) is 24.3 Å². The maximum atomic E-state index is 13.0. The monoisotopic (exact) mass is 420 g/mol. The second kappa shape index (κ2) is 8.92. The van der Waals surface area contributed by atoms with Gasteiger partial charge < -0.3 is 10.1 Å². The molecule has 0 radical (unpaired) electrons. The number of ether oxygens (including phenoxy) is 1. The Bertz CT molecular complexity index is 938. The van der Waals surface area contributed by atoms with Gasteiger partial charge in [0.25, 0.3) is 0 Å².